The van der Waals surface area contributed by atoms with E-state index in [2.05, 4.69) is 42.5 Å². The van der Waals surface area contributed by atoms with Crippen molar-refractivity contribution >= 4 is 33.3 Å². The third-order valence-corrected chi connectivity index (χ3v) is 6.63. The fraction of sp³-hybridized carbons (Fsp3) is 0.286. The molecule has 17 heavy (non-hydrogen) atoms. The van der Waals surface area contributed by atoms with Gasteiger partial charge in [-0.2, -0.15) is 0 Å². The maximum atomic E-state index is 12.1. The Bertz CT molecular complexity index is 560. The van der Waals surface area contributed by atoms with E-state index in [1.807, 2.05) is 11.8 Å². The Balaban J connectivity index is 2.13. The maximum absolute atomic E-state index is 12.1. The first kappa shape index (κ1) is 11.3. The smallest absolute Gasteiger partial charge is 0.106 e. The molecule has 0 spiro atoms. The summed E-state index contributed by atoms with van der Waals surface area (Å²) in [5.41, 5.74) is 1.24. The predicted octanol–water partition coefficient (Wildman–Crippen LogP) is 3.72. The summed E-state index contributed by atoms with van der Waals surface area (Å²) in [5.74, 6) is 1.97. The molecule has 2 aromatic rings. The summed E-state index contributed by atoms with van der Waals surface area (Å²) in [6.45, 7) is 0. The zero-order valence-corrected chi connectivity index (χ0v) is 11.1. The minimum Gasteiger partial charge on any atom is -0.258 e. The first-order valence-electron chi connectivity index (χ1n) is 5.83. The summed E-state index contributed by atoms with van der Waals surface area (Å²) in [6, 6.07) is 14.7. The first-order chi connectivity index (χ1) is 8.36. The van der Waals surface area contributed by atoms with Gasteiger partial charge in [-0.05, 0) is 28.5 Å². The number of benzene rings is 2. The summed E-state index contributed by atoms with van der Waals surface area (Å²) < 4.78 is 12.3. The molecule has 0 saturated carbocycles. The van der Waals surface area contributed by atoms with Crippen molar-refractivity contribution in [2.45, 2.75) is 11.0 Å². The van der Waals surface area contributed by atoms with Crippen LogP contribution in [-0.4, -0.2) is 15.7 Å². The number of rotatable bonds is 1. The molecule has 1 aliphatic heterocycles. The Morgan fingerprint density at radius 2 is 1.94 bits per heavy atom. The van der Waals surface area contributed by atoms with Gasteiger partial charge in [-0.1, -0.05) is 42.5 Å². The van der Waals surface area contributed by atoms with Crippen LogP contribution in [0.1, 0.15) is 16.6 Å². The van der Waals surface area contributed by atoms with Gasteiger partial charge in [-0.25, -0.2) is 0 Å². The van der Waals surface area contributed by atoms with E-state index in [-0.39, 0.29) is 4.58 Å². The maximum Gasteiger partial charge on any atom is 0.106 e. The van der Waals surface area contributed by atoms with Crippen molar-refractivity contribution in [1.82, 2.24) is 0 Å². The number of hydrogen-bond acceptors (Lipinski definition) is 2. The molecule has 0 amide bonds. The molecular weight excluding hydrogens is 248 g/mol. The van der Waals surface area contributed by atoms with E-state index in [4.69, 9.17) is 0 Å². The van der Waals surface area contributed by atoms with Gasteiger partial charge in [0.25, 0.3) is 0 Å². The van der Waals surface area contributed by atoms with E-state index in [0.29, 0.717) is 0 Å². The highest BCUT2D eigenvalue weighted by Crippen LogP contribution is 2.39. The molecule has 1 heterocycles. The van der Waals surface area contributed by atoms with Gasteiger partial charge in [0.1, 0.15) is 4.58 Å². The highest BCUT2D eigenvalue weighted by molar-refractivity contribution is 8.11. The van der Waals surface area contributed by atoms with Gasteiger partial charge in [0.05, 0.1) is 0 Å². The molecule has 1 nitrogen and oxygen atoms in total. The second-order valence-corrected chi connectivity index (χ2v) is 7.36. The standard InChI is InChI=1S/C14H14OS2/c15-17-10-4-9-16-14(17)13-8-3-6-11-5-1-2-7-12(11)13/h1-3,5-8,14H,4,9-10H2/t14-,17-/m0/s1. The Hall–Kier alpha value is -0.800. The van der Waals surface area contributed by atoms with Crippen LogP contribution in [0.25, 0.3) is 10.8 Å². The molecule has 2 aromatic carbocycles. The zero-order valence-electron chi connectivity index (χ0n) is 9.46. The molecule has 3 rings (SSSR count). The third kappa shape index (κ3) is 2.14. The van der Waals surface area contributed by atoms with Crippen LogP contribution in [-0.2, 0) is 10.8 Å². The van der Waals surface area contributed by atoms with Crippen molar-refractivity contribution in [2.75, 3.05) is 11.5 Å². The normalized spacial score (nSPS) is 24.9. The molecule has 0 aliphatic carbocycles. The number of fused-ring (bicyclic) bond motifs is 1. The van der Waals surface area contributed by atoms with E-state index in [1.165, 1.54) is 16.3 Å². The van der Waals surface area contributed by atoms with Crippen molar-refractivity contribution in [1.29, 1.82) is 0 Å². The molecule has 88 valence electrons. The van der Waals surface area contributed by atoms with Crippen molar-refractivity contribution in [2.24, 2.45) is 0 Å². The minimum absolute atomic E-state index is 0.162. The first-order valence-corrected chi connectivity index (χ1v) is 8.26. The molecule has 0 radical (unpaired) electrons. The topological polar surface area (TPSA) is 17.1 Å². The van der Waals surface area contributed by atoms with Crippen molar-refractivity contribution in [3.05, 3.63) is 48.0 Å². The average molecular weight is 262 g/mol. The predicted molar refractivity (Wildman–Crippen MR) is 76.8 cm³/mol. The summed E-state index contributed by atoms with van der Waals surface area (Å²) in [5, 5.41) is 2.50. The van der Waals surface area contributed by atoms with Gasteiger partial charge in [0.2, 0.25) is 0 Å². The third-order valence-electron chi connectivity index (χ3n) is 3.08. The molecule has 1 aliphatic rings. The Morgan fingerprint density at radius 1 is 1.12 bits per heavy atom. The van der Waals surface area contributed by atoms with Crippen LogP contribution in [0.5, 0.6) is 0 Å². The lowest BCUT2D eigenvalue weighted by Crippen LogP contribution is -2.14. The lowest BCUT2D eigenvalue weighted by molar-refractivity contribution is 0.679. The van der Waals surface area contributed by atoms with Crippen LogP contribution in [0.2, 0.25) is 0 Å². The summed E-state index contributed by atoms with van der Waals surface area (Å²) >= 11 is 1.84. The quantitative estimate of drug-likeness (QED) is 0.779. The fourth-order valence-electron chi connectivity index (χ4n) is 2.26. The van der Waals surface area contributed by atoms with E-state index in [9.17, 15) is 4.21 Å². The fourth-order valence-corrected chi connectivity index (χ4v) is 5.67. The molecule has 1 saturated heterocycles. The summed E-state index contributed by atoms with van der Waals surface area (Å²) in [7, 11) is -0.722. The second kappa shape index (κ2) is 4.83. The van der Waals surface area contributed by atoms with Crippen LogP contribution in [0.3, 0.4) is 0 Å². The lowest BCUT2D eigenvalue weighted by atomic mass is 10.1. The van der Waals surface area contributed by atoms with Crippen LogP contribution >= 0.6 is 11.8 Å². The molecule has 1 fully saturated rings. The highest BCUT2D eigenvalue weighted by Gasteiger charge is 2.24. The Kier molecular flexibility index (Phi) is 3.21. The molecule has 2 atom stereocenters. The monoisotopic (exact) mass is 262 g/mol. The van der Waals surface area contributed by atoms with Gasteiger partial charge in [-0.3, -0.25) is 4.21 Å². The van der Waals surface area contributed by atoms with Gasteiger partial charge in [-0.15, -0.1) is 11.8 Å². The van der Waals surface area contributed by atoms with Gasteiger partial charge >= 0.3 is 0 Å². The minimum atomic E-state index is -0.722. The lowest BCUT2D eigenvalue weighted by Gasteiger charge is -2.22. The number of thioether (sulfide) groups is 1. The van der Waals surface area contributed by atoms with E-state index in [0.717, 1.165) is 17.9 Å². The van der Waals surface area contributed by atoms with Crippen molar-refractivity contribution in [3.8, 4) is 0 Å². The largest absolute Gasteiger partial charge is 0.258 e. The molecule has 0 bridgehead atoms. The van der Waals surface area contributed by atoms with Crippen molar-refractivity contribution in [3.63, 3.8) is 0 Å². The number of hydrogen-bond donors (Lipinski definition) is 0. The Labute approximate surface area is 108 Å². The van der Waals surface area contributed by atoms with E-state index in [1.54, 1.807) is 0 Å². The molecule has 0 unspecified atom stereocenters. The summed E-state index contributed by atoms with van der Waals surface area (Å²) in [4.78, 5) is 0. The van der Waals surface area contributed by atoms with Crippen LogP contribution in [0.15, 0.2) is 42.5 Å². The highest BCUT2D eigenvalue weighted by atomic mass is 32.2. The second-order valence-electron chi connectivity index (χ2n) is 4.21. The van der Waals surface area contributed by atoms with Crippen molar-refractivity contribution < 1.29 is 4.21 Å². The molecular formula is C14H14OS2. The van der Waals surface area contributed by atoms with E-state index >= 15 is 0 Å². The zero-order chi connectivity index (χ0) is 11.7. The molecule has 0 N–H and O–H groups in total. The molecule has 3 heteroatoms. The molecule has 0 aromatic heterocycles. The average Bonchev–Trinajstić information content (AvgIpc) is 2.39. The van der Waals surface area contributed by atoms with Crippen LogP contribution in [0, 0.1) is 0 Å². The van der Waals surface area contributed by atoms with Crippen LogP contribution in [0.4, 0.5) is 0 Å². The van der Waals surface area contributed by atoms with Gasteiger partial charge in [0, 0.05) is 16.6 Å². The van der Waals surface area contributed by atoms with E-state index < -0.39 is 10.8 Å². The SMILES string of the molecule is O=[S@]1CCCS[C@@H]1c1cccc2ccccc12. The Morgan fingerprint density at radius 3 is 2.82 bits per heavy atom. The van der Waals surface area contributed by atoms with Gasteiger partial charge in [0.15, 0.2) is 0 Å². The summed E-state index contributed by atoms with van der Waals surface area (Å²) in [6.07, 6.45) is 1.08. The van der Waals surface area contributed by atoms with Crippen LogP contribution < -0.4 is 0 Å². The van der Waals surface area contributed by atoms with Gasteiger partial charge < -0.3 is 0 Å².